The number of benzene rings is 1. The molecule has 126 valence electrons. The molecule has 0 aromatic heterocycles. The van der Waals surface area contributed by atoms with Gasteiger partial charge in [0.25, 0.3) is 5.91 Å². The van der Waals surface area contributed by atoms with E-state index in [-0.39, 0.29) is 25.3 Å². The summed E-state index contributed by atoms with van der Waals surface area (Å²) in [4.78, 5) is 25.6. The summed E-state index contributed by atoms with van der Waals surface area (Å²) in [5, 5.41) is 0. The smallest absolute Gasteiger partial charge is 0.325 e. The van der Waals surface area contributed by atoms with Gasteiger partial charge in [-0.3, -0.25) is 9.59 Å². The van der Waals surface area contributed by atoms with Crippen molar-refractivity contribution >= 4 is 11.9 Å². The third-order valence-corrected chi connectivity index (χ3v) is 3.63. The molecule has 23 heavy (non-hydrogen) atoms. The quantitative estimate of drug-likeness (QED) is 0.796. The number of morpholine rings is 1. The molecule has 7 heteroatoms. The molecule has 2 rings (SSSR count). The van der Waals surface area contributed by atoms with Gasteiger partial charge in [0.15, 0.2) is 0 Å². The van der Waals surface area contributed by atoms with Crippen LogP contribution in [0.2, 0.25) is 0 Å². The molecule has 1 aliphatic rings. The molecule has 1 atom stereocenters. The van der Waals surface area contributed by atoms with Crippen LogP contribution in [0.15, 0.2) is 18.2 Å². The lowest BCUT2D eigenvalue weighted by molar-refractivity contribution is -0.178. The van der Waals surface area contributed by atoms with Crippen molar-refractivity contribution in [2.75, 3.05) is 19.8 Å². The van der Waals surface area contributed by atoms with E-state index in [9.17, 15) is 18.4 Å². The van der Waals surface area contributed by atoms with Crippen molar-refractivity contribution in [3.8, 4) is 0 Å². The predicted molar refractivity (Wildman–Crippen MR) is 77.5 cm³/mol. The van der Waals surface area contributed by atoms with E-state index in [0.717, 1.165) is 18.2 Å². The van der Waals surface area contributed by atoms with Gasteiger partial charge in [-0.25, -0.2) is 8.78 Å². The number of nitrogens with zero attached hydrogens (tertiary/aromatic N) is 1. The summed E-state index contributed by atoms with van der Waals surface area (Å²) in [6, 6.07) is 2.24. The van der Waals surface area contributed by atoms with Crippen molar-refractivity contribution in [1.29, 1.82) is 0 Å². The zero-order valence-electron chi connectivity index (χ0n) is 13.3. The van der Waals surface area contributed by atoms with Crippen LogP contribution < -0.4 is 0 Å². The van der Waals surface area contributed by atoms with E-state index in [2.05, 4.69) is 0 Å². The first kappa shape index (κ1) is 17.3. The number of hydrogen-bond acceptors (Lipinski definition) is 4. The van der Waals surface area contributed by atoms with Crippen LogP contribution >= 0.6 is 0 Å². The Morgan fingerprint density at radius 2 is 1.96 bits per heavy atom. The Labute approximate surface area is 133 Å². The fourth-order valence-corrected chi connectivity index (χ4v) is 2.50. The molecule has 0 N–H and O–H groups in total. The molecule has 1 fully saturated rings. The molecule has 0 unspecified atom stereocenters. The highest BCUT2D eigenvalue weighted by Crippen LogP contribution is 2.32. The number of carbonyl (C=O) groups excluding carboxylic acids is 2. The molecular formula is C16H19F2NO4. The van der Waals surface area contributed by atoms with Crippen LogP contribution in [-0.4, -0.2) is 42.1 Å². The van der Waals surface area contributed by atoms with Gasteiger partial charge >= 0.3 is 5.97 Å². The minimum atomic E-state index is -1.12. The number of hydrogen-bond donors (Lipinski definition) is 0. The molecule has 0 aliphatic carbocycles. The lowest BCUT2D eigenvalue weighted by atomic mass is 9.98. The van der Waals surface area contributed by atoms with E-state index < -0.39 is 35.2 Å². The Hall–Kier alpha value is -2.02. The van der Waals surface area contributed by atoms with Gasteiger partial charge in [0.05, 0.1) is 19.3 Å². The van der Waals surface area contributed by atoms with Gasteiger partial charge in [0, 0.05) is 6.07 Å². The molecule has 1 aliphatic heterocycles. The zero-order valence-corrected chi connectivity index (χ0v) is 13.3. The van der Waals surface area contributed by atoms with E-state index in [1.807, 2.05) is 0 Å². The van der Waals surface area contributed by atoms with Crippen molar-refractivity contribution in [1.82, 2.24) is 4.90 Å². The van der Waals surface area contributed by atoms with Gasteiger partial charge in [-0.1, -0.05) is 0 Å². The highest BCUT2D eigenvalue weighted by Gasteiger charge is 2.43. The molecule has 5 nitrogen and oxygen atoms in total. The first-order valence-corrected chi connectivity index (χ1v) is 7.31. The molecule has 0 saturated carbocycles. The van der Waals surface area contributed by atoms with Crippen LogP contribution in [0, 0.1) is 11.6 Å². The van der Waals surface area contributed by atoms with Crippen molar-refractivity contribution in [3.63, 3.8) is 0 Å². The fourth-order valence-electron chi connectivity index (χ4n) is 2.50. The Kier molecular flexibility index (Phi) is 4.99. The van der Waals surface area contributed by atoms with Crippen LogP contribution in [0.5, 0.6) is 0 Å². The SMILES string of the molecule is CCOC(=O)CN1C(=O)C(C)(C)OC[C@H]1c1cc(F)cc(F)c1. The molecule has 0 spiro atoms. The standard InChI is InChI=1S/C16H19F2NO4/c1-4-22-14(20)8-19-13(9-23-16(2,3)15(19)21)10-5-11(17)7-12(18)6-10/h5-7,13H,4,8-9H2,1-3H3/t13-/m0/s1. The molecule has 0 radical (unpaired) electrons. The van der Waals surface area contributed by atoms with Crippen LogP contribution in [-0.2, 0) is 19.1 Å². The van der Waals surface area contributed by atoms with Gasteiger partial charge in [-0.15, -0.1) is 0 Å². The Morgan fingerprint density at radius 1 is 1.35 bits per heavy atom. The normalized spacial score (nSPS) is 20.5. The predicted octanol–water partition coefficient (Wildman–Crippen LogP) is 2.21. The number of amides is 1. The molecule has 1 aromatic rings. The summed E-state index contributed by atoms with van der Waals surface area (Å²) in [6.07, 6.45) is 0. The minimum absolute atomic E-state index is 0.0288. The van der Waals surface area contributed by atoms with Gasteiger partial charge in [-0.05, 0) is 38.5 Å². The Bertz CT molecular complexity index is 598. The second-order valence-electron chi connectivity index (χ2n) is 5.78. The van der Waals surface area contributed by atoms with Gasteiger partial charge in [0.2, 0.25) is 0 Å². The summed E-state index contributed by atoms with van der Waals surface area (Å²) in [7, 11) is 0. The van der Waals surface area contributed by atoms with Crippen molar-refractivity contribution in [2.45, 2.75) is 32.4 Å². The maximum atomic E-state index is 13.5. The lowest BCUT2D eigenvalue weighted by Gasteiger charge is -2.42. The molecular weight excluding hydrogens is 308 g/mol. The van der Waals surface area contributed by atoms with Crippen LogP contribution in [0.3, 0.4) is 0 Å². The summed E-state index contributed by atoms with van der Waals surface area (Å²) in [5.41, 5.74) is -0.884. The summed E-state index contributed by atoms with van der Waals surface area (Å²) >= 11 is 0. The molecule has 0 bridgehead atoms. The maximum Gasteiger partial charge on any atom is 0.325 e. The summed E-state index contributed by atoms with van der Waals surface area (Å²) < 4.78 is 37.3. The van der Waals surface area contributed by atoms with Gasteiger partial charge < -0.3 is 14.4 Å². The molecule has 1 saturated heterocycles. The largest absolute Gasteiger partial charge is 0.465 e. The molecule has 1 heterocycles. The monoisotopic (exact) mass is 327 g/mol. The average molecular weight is 327 g/mol. The topological polar surface area (TPSA) is 55.8 Å². The first-order valence-electron chi connectivity index (χ1n) is 7.31. The third kappa shape index (κ3) is 3.85. The van der Waals surface area contributed by atoms with Crippen molar-refractivity contribution in [3.05, 3.63) is 35.4 Å². The van der Waals surface area contributed by atoms with Crippen LogP contribution in [0.4, 0.5) is 8.78 Å². The number of esters is 1. The lowest BCUT2D eigenvalue weighted by Crippen LogP contribution is -2.56. The van der Waals surface area contributed by atoms with Crippen molar-refractivity contribution < 1.29 is 27.8 Å². The van der Waals surface area contributed by atoms with E-state index >= 15 is 0 Å². The maximum absolute atomic E-state index is 13.5. The molecule has 1 aromatic carbocycles. The van der Waals surface area contributed by atoms with Crippen LogP contribution in [0.1, 0.15) is 32.4 Å². The summed E-state index contributed by atoms with van der Waals surface area (Å²) in [5.74, 6) is -2.53. The second kappa shape index (κ2) is 6.62. The number of ether oxygens (including phenoxy) is 2. The van der Waals surface area contributed by atoms with Gasteiger partial charge in [0.1, 0.15) is 23.8 Å². The zero-order chi connectivity index (χ0) is 17.2. The van der Waals surface area contributed by atoms with Gasteiger partial charge in [-0.2, -0.15) is 0 Å². The van der Waals surface area contributed by atoms with Crippen molar-refractivity contribution in [2.24, 2.45) is 0 Å². The molecule has 1 amide bonds. The second-order valence-corrected chi connectivity index (χ2v) is 5.78. The Balaban J connectivity index is 2.34. The van der Waals surface area contributed by atoms with E-state index in [0.29, 0.717) is 0 Å². The average Bonchev–Trinajstić information content (AvgIpc) is 2.43. The minimum Gasteiger partial charge on any atom is -0.465 e. The number of carbonyl (C=O) groups is 2. The van der Waals surface area contributed by atoms with E-state index in [4.69, 9.17) is 9.47 Å². The number of halogens is 2. The first-order chi connectivity index (χ1) is 10.7. The van der Waals surface area contributed by atoms with E-state index in [1.54, 1.807) is 20.8 Å². The van der Waals surface area contributed by atoms with Crippen LogP contribution in [0.25, 0.3) is 0 Å². The Morgan fingerprint density at radius 3 is 2.52 bits per heavy atom. The fraction of sp³-hybridized carbons (Fsp3) is 0.500. The highest BCUT2D eigenvalue weighted by atomic mass is 19.1. The highest BCUT2D eigenvalue weighted by molar-refractivity contribution is 5.88. The summed E-state index contributed by atoms with van der Waals surface area (Å²) in [6.45, 7) is 4.72. The van der Waals surface area contributed by atoms with E-state index in [1.165, 1.54) is 4.90 Å². The third-order valence-electron chi connectivity index (χ3n) is 3.63. The number of rotatable bonds is 4.